The van der Waals surface area contributed by atoms with E-state index in [2.05, 4.69) is 20.9 Å². The maximum absolute atomic E-state index is 12.8. The van der Waals surface area contributed by atoms with E-state index < -0.39 is 18.3 Å². The largest absolute Gasteiger partial charge is 0.376 e. The van der Waals surface area contributed by atoms with Crippen LogP contribution in [-0.4, -0.2) is 54.3 Å². The molecule has 0 spiro atoms. The quantitative estimate of drug-likeness (QED) is 0.0680. The van der Waals surface area contributed by atoms with Gasteiger partial charge in [0.15, 0.2) is 5.96 Å². The number of amides is 2. The monoisotopic (exact) mass is 488 g/mol. The normalized spacial score (nSPS) is 14.0. The van der Waals surface area contributed by atoms with Crippen LogP contribution in [0.15, 0.2) is 47.5 Å². The SMILES string of the molecule is CC(C)CC(NC(O)C(NC(=O)/C=C/Cc1ccccc1)C(C)C)C(=O)NCCCCN=C(N)N. The molecule has 0 saturated carbocycles. The zero-order chi connectivity index (χ0) is 26.2. The zero-order valence-electron chi connectivity index (χ0n) is 21.5. The highest BCUT2D eigenvalue weighted by Crippen LogP contribution is 2.11. The Bertz CT molecular complexity index is 807. The van der Waals surface area contributed by atoms with Crippen molar-refractivity contribution in [2.75, 3.05) is 13.1 Å². The number of nitrogens with zero attached hydrogens (tertiary/aromatic N) is 1. The molecule has 0 aliphatic rings. The molecule has 0 aliphatic heterocycles. The van der Waals surface area contributed by atoms with E-state index in [4.69, 9.17) is 11.5 Å². The predicted octanol–water partition coefficient (Wildman–Crippen LogP) is 1.42. The van der Waals surface area contributed by atoms with Gasteiger partial charge in [0, 0.05) is 13.1 Å². The molecule has 9 nitrogen and oxygen atoms in total. The molecule has 0 bridgehead atoms. The van der Waals surface area contributed by atoms with Crippen LogP contribution in [-0.2, 0) is 16.0 Å². The second-order valence-electron chi connectivity index (χ2n) is 9.47. The summed E-state index contributed by atoms with van der Waals surface area (Å²) in [6.45, 7) is 8.86. The van der Waals surface area contributed by atoms with Crippen LogP contribution < -0.4 is 27.4 Å². The van der Waals surface area contributed by atoms with Gasteiger partial charge in [-0.25, -0.2) is 0 Å². The number of allylic oxidation sites excluding steroid dienone is 1. The van der Waals surface area contributed by atoms with Crippen LogP contribution in [0.25, 0.3) is 0 Å². The van der Waals surface area contributed by atoms with E-state index in [1.165, 1.54) is 6.08 Å². The molecule has 9 heteroatoms. The Morgan fingerprint density at radius 1 is 1.09 bits per heavy atom. The van der Waals surface area contributed by atoms with Gasteiger partial charge in [0.1, 0.15) is 6.23 Å². The molecular formula is C26H44N6O3. The van der Waals surface area contributed by atoms with E-state index in [1.54, 1.807) is 6.08 Å². The highest BCUT2D eigenvalue weighted by atomic mass is 16.3. The van der Waals surface area contributed by atoms with Crippen LogP contribution in [0.4, 0.5) is 0 Å². The number of hydrogen-bond acceptors (Lipinski definition) is 5. The van der Waals surface area contributed by atoms with Gasteiger partial charge >= 0.3 is 0 Å². The summed E-state index contributed by atoms with van der Waals surface area (Å²) in [6.07, 6.45) is 4.87. The van der Waals surface area contributed by atoms with Crippen molar-refractivity contribution in [3.05, 3.63) is 48.0 Å². The Morgan fingerprint density at radius 2 is 1.77 bits per heavy atom. The van der Waals surface area contributed by atoms with E-state index in [-0.39, 0.29) is 29.6 Å². The maximum atomic E-state index is 12.8. The average molecular weight is 489 g/mol. The lowest BCUT2D eigenvalue weighted by atomic mass is 9.99. The Hall–Kier alpha value is -2.91. The van der Waals surface area contributed by atoms with Gasteiger partial charge in [0.25, 0.3) is 0 Å². The third-order valence-electron chi connectivity index (χ3n) is 5.41. The number of rotatable bonds is 16. The van der Waals surface area contributed by atoms with Crippen LogP contribution in [0.3, 0.4) is 0 Å². The van der Waals surface area contributed by atoms with E-state index in [0.29, 0.717) is 25.9 Å². The van der Waals surface area contributed by atoms with Crippen LogP contribution in [0.5, 0.6) is 0 Å². The molecule has 3 unspecified atom stereocenters. The first-order valence-corrected chi connectivity index (χ1v) is 12.4. The molecule has 3 atom stereocenters. The summed E-state index contributed by atoms with van der Waals surface area (Å²) >= 11 is 0. The summed E-state index contributed by atoms with van der Waals surface area (Å²) in [5.74, 6) is -0.229. The number of carbonyl (C=O) groups excluding carboxylic acids is 2. The van der Waals surface area contributed by atoms with Gasteiger partial charge in [0.2, 0.25) is 11.8 Å². The maximum Gasteiger partial charge on any atom is 0.244 e. The van der Waals surface area contributed by atoms with Gasteiger partial charge in [-0.3, -0.25) is 19.9 Å². The lowest BCUT2D eigenvalue weighted by Crippen LogP contribution is -2.58. The van der Waals surface area contributed by atoms with E-state index in [9.17, 15) is 14.7 Å². The summed E-state index contributed by atoms with van der Waals surface area (Å²) in [4.78, 5) is 29.2. The first-order chi connectivity index (χ1) is 16.6. The number of nitrogens with one attached hydrogen (secondary N) is 3. The summed E-state index contributed by atoms with van der Waals surface area (Å²) in [5.41, 5.74) is 11.7. The van der Waals surface area contributed by atoms with Crippen molar-refractivity contribution in [3.63, 3.8) is 0 Å². The van der Waals surface area contributed by atoms with Gasteiger partial charge in [-0.1, -0.05) is 64.1 Å². The molecule has 1 aromatic rings. The molecule has 8 N–H and O–H groups in total. The molecule has 0 aliphatic carbocycles. The van der Waals surface area contributed by atoms with Crippen molar-refractivity contribution in [2.45, 2.75) is 71.7 Å². The average Bonchev–Trinajstić information content (AvgIpc) is 2.79. The number of guanidine groups is 1. The number of unbranched alkanes of at least 4 members (excludes halogenated alkanes) is 1. The lowest BCUT2D eigenvalue weighted by molar-refractivity contribution is -0.125. The Morgan fingerprint density at radius 3 is 2.37 bits per heavy atom. The van der Waals surface area contributed by atoms with Crippen LogP contribution in [0.2, 0.25) is 0 Å². The van der Waals surface area contributed by atoms with Crippen LogP contribution in [0, 0.1) is 11.8 Å². The summed E-state index contributed by atoms with van der Waals surface area (Å²) in [7, 11) is 0. The van der Waals surface area contributed by atoms with E-state index >= 15 is 0 Å². The standard InChI is InChI=1S/C26H44N6O3/c1-18(2)17-21(24(34)29-15-8-9-16-30-26(27)28)31-25(35)23(19(3)4)32-22(33)14-10-13-20-11-6-5-7-12-20/h5-7,10-12,14,18-19,21,23,25,31,35H,8-9,13,15-17H2,1-4H3,(H,29,34)(H,32,33)(H4,27,28,30)/b14-10+. The van der Waals surface area contributed by atoms with Crippen LogP contribution >= 0.6 is 0 Å². The fourth-order valence-corrected chi connectivity index (χ4v) is 3.55. The fourth-order valence-electron chi connectivity index (χ4n) is 3.55. The first-order valence-electron chi connectivity index (χ1n) is 12.4. The third kappa shape index (κ3) is 13.5. The molecule has 0 aromatic heterocycles. The number of carbonyl (C=O) groups is 2. The fraction of sp³-hybridized carbons (Fsp3) is 0.577. The highest BCUT2D eigenvalue weighted by molar-refractivity contribution is 5.87. The summed E-state index contributed by atoms with van der Waals surface area (Å²) in [6, 6.07) is 8.70. The highest BCUT2D eigenvalue weighted by Gasteiger charge is 2.29. The molecule has 35 heavy (non-hydrogen) atoms. The second kappa shape index (κ2) is 16.7. The molecule has 0 saturated heterocycles. The Balaban J connectivity index is 2.64. The first kappa shape index (κ1) is 30.1. The third-order valence-corrected chi connectivity index (χ3v) is 5.41. The number of aliphatic imine (C=N–C) groups is 1. The van der Waals surface area contributed by atoms with Crippen LogP contribution in [0.1, 0.15) is 52.5 Å². The smallest absolute Gasteiger partial charge is 0.244 e. The molecule has 0 fully saturated rings. The number of benzene rings is 1. The van der Waals surface area contributed by atoms with Gasteiger partial charge < -0.3 is 27.2 Å². The van der Waals surface area contributed by atoms with Gasteiger partial charge in [-0.05, 0) is 49.2 Å². The predicted molar refractivity (Wildman–Crippen MR) is 141 cm³/mol. The number of nitrogens with two attached hydrogens (primary N) is 2. The van der Waals surface area contributed by atoms with Crippen molar-refractivity contribution in [3.8, 4) is 0 Å². The van der Waals surface area contributed by atoms with E-state index in [0.717, 1.165) is 18.4 Å². The summed E-state index contributed by atoms with van der Waals surface area (Å²) in [5, 5.41) is 19.7. The molecule has 1 aromatic carbocycles. The number of aliphatic hydroxyl groups is 1. The molecule has 0 heterocycles. The molecular weight excluding hydrogens is 444 g/mol. The molecule has 1 rings (SSSR count). The molecule has 196 valence electrons. The topological polar surface area (TPSA) is 155 Å². The van der Waals surface area contributed by atoms with Gasteiger partial charge in [-0.2, -0.15) is 0 Å². The van der Waals surface area contributed by atoms with Crippen molar-refractivity contribution in [1.82, 2.24) is 16.0 Å². The van der Waals surface area contributed by atoms with Crippen molar-refractivity contribution in [2.24, 2.45) is 28.3 Å². The Labute approximate surface area is 209 Å². The number of hydrogen-bond donors (Lipinski definition) is 6. The van der Waals surface area contributed by atoms with Gasteiger partial charge in [-0.15, -0.1) is 0 Å². The van der Waals surface area contributed by atoms with Crippen molar-refractivity contribution >= 4 is 17.8 Å². The van der Waals surface area contributed by atoms with E-state index in [1.807, 2.05) is 58.0 Å². The molecule has 0 radical (unpaired) electrons. The Kier molecular flexibility index (Phi) is 14.3. The van der Waals surface area contributed by atoms with Crippen molar-refractivity contribution in [1.29, 1.82) is 0 Å². The van der Waals surface area contributed by atoms with Crippen molar-refractivity contribution < 1.29 is 14.7 Å². The van der Waals surface area contributed by atoms with Gasteiger partial charge in [0.05, 0.1) is 12.1 Å². The minimum atomic E-state index is -1.09. The lowest BCUT2D eigenvalue weighted by Gasteiger charge is -2.31. The minimum absolute atomic E-state index is 0.0535. The zero-order valence-corrected chi connectivity index (χ0v) is 21.5. The second-order valence-corrected chi connectivity index (χ2v) is 9.47. The number of aliphatic hydroxyl groups excluding tert-OH is 1. The minimum Gasteiger partial charge on any atom is -0.376 e. The molecule has 2 amide bonds. The summed E-state index contributed by atoms with van der Waals surface area (Å²) < 4.78 is 0.